The second-order valence-corrected chi connectivity index (χ2v) is 5.83. The van der Waals surface area contributed by atoms with Crippen LogP contribution in [0.3, 0.4) is 0 Å². The smallest absolute Gasteiger partial charge is 0.292 e. The van der Waals surface area contributed by atoms with Crippen molar-refractivity contribution in [3.8, 4) is 5.75 Å². The zero-order chi connectivity index (χ0) is 16.7. The van der Waals surface area contributed by atoms with Crippen LogP contribution in [0.1, 0.15) is 27.4 Å². The number of nitrogens with one attached hydrogen (secondary N) is 1. The van der Waals surface area contributed by atoms with Crippen molar-refractivity contribution in [1.82, 2.24) is 4.98 Å². The van der Waals surface area contributed by atoms with Crippen molar-refractivity contribution in [3.63, 3.8) is 0 Å². The molecular weight excluding hydrogens is 316 g/mol. The number of carbonyl (C=O) groups is 1. The number of pyridine rings is 1. The number of aromatic hydroxyl groups is 1. The number of carbonyl (C=O) groups excluding carboxylic acids is 1. The highest BCUT2D eigenvalue weighted by molar-refractivity contribution is 6.31. The van der Waals surface area contributed by atoms with E-state index in [1.54, 1.807) is 45.0 Å². The highest BCUT2D eigenvalue weighted by Crippen LogP contribution is 2.28. The molecule has 6 heteroatoms. The molecule has 23 heavy (non-hydrogen) atoms. The number of aryl methyl sites for hydroxylation is 1. The maximum Gasteiger partial charge on any atom is 0.292 e. The van der Waals surface area contributed by atoms with Gasteiger partial charge in [-0.25, -0.2) is 4.98 Å². The molecule has 1 aromatic carbocycles. The number of fused-ring (bicyclic) bond motifs is 1. The molecule has 2 N–H and O–H groups in total. The quantitative estimate of drug-likeness (QED) is 0.731. The Kier molecular flexibility index (Phi) is 3.74. The number of furan rings is 1. The number of benzene rings is 1. The predicted molar refractivity (Wildman–Crippen MR) is 89.3 cm³/mol. The summed E-state index contributed by atoms with van der Waals surface area (Å²) >= 11 is 5.93. The fourth-order valence-corrected chi connectivity index (χ4v) is 2.53. The van der Waals surface area contributed by atoms with E-state index in [2.05, 4.69) is 10.3 Å². The van der Waals surface area contributed by atoms with Gasteiger partial charge >= 0.3 is 0 Å². The lowest BCUT2D eigenvalue weighted by atomic mass is 10.1. The van der Waals surface area contributed by atoms with E-state index in [4.69, 9.17) is 16.0 Å². The first-order valence-corrected chi connectivity index (χ1v) is 7.42. The van der Waals surface area contributed by atoms with Crippen LogP contribution >= 0.6 is 11.6 Å². The third-order valence-corrected chi connectivity index (χ3v) is 4.06. The van der Waals surface area contributed by atoms with Crippen LogP contribution in [0.15, 0.2) is 28.7 Å². The van der Waals surface area contributed by atoms with Gasteiger partial charge in [-0.3, -0.25) is 4.79 Å². The van der Waals surface area contributed by atoms with E-state index in [1.807, 2.05) is 0 Å². The molecule has 1 amide bonds. The van der Waals surface area contributed by atoms with Crippen molar-refractivity contribution >= 4 is 34.3 Å². The Hall–Kier alpha value is -2.53. The van der Waals surface area contributed by atoms with Gasteiger partial charge in [0.25, 0.3) is 5.91 Å². The molecule has 0 fully saturated rings. The number of nitrogens with zero attached hydrogens (tertiary/aromatic N) is 1. The number of hydrogen-bond donors (Lipinski definition) is 2. The summed E-state index contributed by atoms with van der Waals surface area (Å²) in [6.07, 6.45) is 0. The Morgan fingerprint density at radius 2 is 1.96 bits per heavy atom. The summed E-state index contributed by atoms with van der Waals surface area (Å²) in [5.41, 5.74) is 2.44. The van der Waals surface area contributed by atoms with E-state index in [-0.39, 0.29) is 11.5 Å². The van der Waals surface area contributed by atoms with Crippen molar-refractivity contribution in [2.45, 2.75) is 20.8 Å². The van der Waals surface area contributed by atoms with Crippen molar-refractivity contribution in [3.05, 3.63) is 51.9 Å². The molecular formula is C17H15ClN2O3. The van der Waals surface area contributed by atoms with Crippen LogP contribution in [0.25, 0.3) is 11.0 Å². The molecule has 3 rings (SSSR count). The van der Waals surface area contributed by atoms with Gasteiger partial charge < -0.3 is 14.8 Å². The SMILES string of the molecule is Cc1nc(NC(=O)c2cc3cc(Cl)ccc3o2)c(C)c(C)c1O. The molecule has 0 unspecified atom stereocenters. The Morgan fingerprint density at radius 3 is 2.70 bits per heavy atom. The monoisotopic (exact) mass is 330 g/mol. The van der Waals surface area contributed by atoms with Gasteiger partial charge in [-0.05, 0) is 56.2 Å². The lowest BCUT2D eigenvalue weighted by molar-refractivity contribution is 0.0998. The minimum atomic E-state index is -0.405. The summed E-state index contributed by atoms with van der Waals surface area (Å²) < 4.78 is 5.53. The number of aromatic nitrogens is 1. The summed E-state index contributed by atoms with van der Waals surface area (Å²) in [5.74, 6) is 0.310. The molecule has 0 bridgehead atoms. The van der Waals surface area contributed by atoms with E-state index < -0.39 is 5.91 Å². The molecule has 5 nitrogen and oxygen atoms in total. The highest BCUT2D eigenvalue weighted by atomic mass is 35.5. The number of halogens is 1. The lowest BCUT2D eigenvalue weighted by Gasteiger charge is -2.12. The van der Waals surface area contributed by atoms with Crippen molar-refractivity contribution in [1.29, 1.82) is 0 Å². The first-order chi connectivity index (χ1) is 10.9. The lowest BCUT2D eigenvalue weighted by Crippen LogP contribution is -2.14. The molecule has 2 aromatic heterocycles. The second kappa shape index (κ2) is 5.59. The Labute approximate surface area is 137 Å². The van der Waals surface area contributed by atoms with Gasteiger partial charge in [-0.1, -0.05) is 11.6 Å². The zero-order valence-corrected chi connectivity index (χ0v) is 13.7. The van der Waals surface area contributed by atoms with Crippen molar-refractivity contribution in [2.75, 3.05) is 5.32 Å². The van der Waals surface area contributed by atoms with Gasteiger partial charge in [-0.2, -0.15) is 0 Å². The molecule has 3 aromatic rings. The Morgan fingerprint density at radius 1 is 1.22 bits per heavy atom. The van der Waals surface area contributed by atoms with Crippen molar-refractivity contribution in [2.24, 2.45) is 0 Å². The number of hydrogen-bond acceptors (Lipinski definition) is 4. The van der Waals surface area contributed by atoms with Crippen LogP contribution in [0.4, 0.5) is 5.82 Å². The standard InChI is InChI=1S/C17H15ClN2O3/c1-8-9(2)16(19-10(3)15(8)21)20-17(22)14-7-11-6-12(18)4-5-13(11)23-14/h4-7,21H,1-3H3,(H,19,20,22). The van der Waals surface area contributed by atoms with E-state index in [1.165, 1.54) is 0 Å². The number of amides is 1. The summed E-state index contributed by atoms with van der Waals surface area (Å²) in [5, 5.41) is 13.9. The minimum absolute atomic E-state index is 0.138. The Balaban J connectivity index is 1.95. The molecule has 0 atom stereocenters. The third kappa shape index (κ3) is 2.75. The first kappa shape index (κ1) is 15.4. The van der Waals surface area contributed by atoms with Gasteiger partial charge in [-0.15, -0.1) is 0 Å². The van der Waals surface area contributed by atoms with Crippen LogP contribution in [0.5, 0.6) is 5.75 Å². The van der Waals surface area contributed by atoms with E-state index in [0.717, 1.165) is 5.39 Å². The van der Waals surface area contributed by atoms with Crippen LogP contribution < -0.4 is 5.32 Å². The molecule has 0 aliphatic heterocycles. The zero-order valence-electron chi connectivity index (χ0n) is 12.9. The Bertz CT molecular complexity index is 931. The molecule has 0 saturated heterocycles. The number of rotatable bonds is 2. The van der Waals surface area contributed by atoms with E-state index in [9.17, 15) is 9.90 Å². The van der Waals surface area contributed by atoms with Crippen LogP contribution in [-0.4, -0.2) is 16.0 Å². The summed E-state index contributed by atoms with van der Waals surface area (Å²) in [6.45, 7) is 5.24. The molecule has 118 valence electrons. The molecule has 0 radical (unpaired) electrons. The van der Waals surface area contributed by atoms with Gasteiger partial charge in [0, 0.05) is 10.4 Å². The largest absolute Gasteiger partial charge is 0.506 e. The fourth-order valence-electron chi connectivity index (χ4n) is 2.35. The fraction of sp³-hybridized carbons (Fsp3) is 0.176. The van der Waals surface area contributed by atoms with Gasteiger partial charge in [0.15, 0.2) is 5.76 Å². The highest BCUT2D eigenvalue weighted by Gasteiger charge is 2.17. The van der Waals surface area contributed by atoms with Crippen LogP contribution in [-0.2, 0) is 0 Å². The summed E-state index contributed by atoms with van der Waals surface area (Å²) in [4.78, 5) is 16.6. The molecule has 0 aliphatic carbocycles. The predicted octanol–water partition coefficient (Wildman–Crippen LogP) is 4.36. The average molecular weight is 331 g/mol. The van der Waals surface area contributed by atoms with Gasteiger partial charge in [0.1, 0.15) is 17.2 Å². The first-order valence-electron chi connectivity index (χ1n) is 7.04. The van der Waals surface area contributed by atoms with Crippen LogP contribution in [0.2, 0.25) is 5.02 Å². The van der Waals surface area contributed by atoms with Gasteiger partial charge in [0.2, 0.25) is 0 Å². The topological polar surface area (TPSA) is 75.4 Å². The normalized spacial score (nSPS) is 11.0. The second-order valence-electron chi connectivity index (χ2n) is 5.39. The summed E-state index contributed by atoms with van der Waals surface area (Å²) in [6, 6.07) is 6.78. The van der Waals surface area contributed by atoms with E-state index in [0.29, 0.717) is 33.2 Å². The van der Waals surface area contributed by atoms with Crippen molar-refractivity contribution < 1.29 is 14.3 Å². The third-order valence-electron chi connectivity index (χ3n) is 3.83. The average Bonchev–Trinajstić information content (AvgIpc) is 2.93. The minimum Gasteiger partial charge on any atom is -0.506 e. The molecule has 0 aliphatic rings. The molecule has 0 spiro atoms. The van der Waals surface area contributed by atoms with Gasteiger partial charge in [0.05, 0.1) is 5.69 Å². The molecule has 2 heterocycles. The van der Waals surface area contributed by atoms with Crippen LogP contribution in [0, 0.1) is 20.8 Å². The maximum absolute atomic E-state index is 12.4. The number of anilines is 1. The van der Waals surface area contributed by atoms with E-state index >= 15 is 0 Å². The maximum atomic E-state index is 12.4. The molecule has 0 saturated carbocycles. The summed E-state index contributed by atoms with van der Waals surface area (Å²) in [7, 11) is 0.